The summed E-state index contributed by atoms with van der Waals surface area (Å²) in [5.41, 5.74) is 3.04. The van der Waals surface area contributed by atoms with E-state index >= 15 is 0 Å². The Kier molecular flexibility index (Phi) is 4.82. The highest BCUT2D eigenvalue weighted by Gasteiger charge is 2.54. The van der Waals surface area contributed by atoms with Crippen molar-refractivity contribution in [2.24, 2.45) is 5.92 Å². The van der Waals surface area contributed by atoms with E-state index in [1.54, 1.807) is 6.26 Å². The molecule has 1 aromatic heterocycles. The highest BCUT2D eigenvalue weighted by atomic mass is 16.5. The Morgan fingerprint density at radius 3 is 2.78 bits per heavy atom. The van der Waals surface area contributed by atoms with Gasteiger partial charge in [-0.25, -0.2) is 0 Å². The van der Waals surface area contributed by atoms with Crippen molar-refractivity contribution in [3.05, 3.63) is 83.8 Å². The predicted octanol–water partition coefficient (Wildman–Crippen LogP) is 5.90. The molecule has 32 heavy (non-hydrogen) atoms. The summed E-state index contributed by atoms with van der Waals surface area (Å²) >= 11 is 0. The molecule has 3 aromatic rings. The molecule has 0 radical (unpaired) electrons. The fourth-order valence-electron chi connectivity index (χ4n) is 6.65. The van der Waals surface area contributed by atoms with Crippen LogP contribution >= 0.6 is 0 Å². The quantitative estimate of drug-likeness (QED) is 0.521. The number of para-hydroxylation sites is 1. The number of amides is 1. The van der Waals surface area contributed by atoms with Crippen molar-refractivity contribution < 1.29 is 13.9 Å². The molecule has 2 aliphatic carbocycles. The van der Waals surface area contributed by atoms with Gasteiger partial charge in [-0.05, 0) is 79.1 Å². The topological polar surface area (TPSA) is 42.7 Å². The highest BCUT2D eigenvalue weighted by molar-refractivity contribution is 5.79. The van der Waals surface area contributed by atoms with Gasteiger partial charge in [0, 0.05) is 18.0 Å². The monoisotopic (exact) mass is 427 g/mol. The molecule has 1 aliphatic heterocycles. The molecule has 2 bridgehead atoms. The Morgan fingerprint density at radius 2 is 1.94 bits per heavy atom. The Morgan fingerprint density at radius 1 is 1.03 bits per heavy atom. The third-order valence-corrected chi connectivity index (χ3v) is 8.01. The van der Waals surface area contributed by atoms with Crippen LogP contribution in [0.1, 0.15) is 49.0 Å². The summed E-state index contributed by atoms with van der Waals surface area (Å²) in [7, 11) is 0. The van der Waals surface area contributed by atoms with Crippen molar-refractivity contribution in [3.8, 4) is 11.5 Å². The van der Waals surface area contributed by atoms with Gasteiger partial charge in [-0.2, -0.15) is 0 Å². The largest absolute Gasteiger partial charge is 0.469 e. The van der Waals surface area contributed by atoms with Gasteiger partial charge < -0.3 is 14.1 Å². The summed E-state index contributed by atoms with van der Waals surface area (Å²) in [6.45, 7) is 0.837. The molecule has 4 heteroatoms. The van der Waals surface area contributed by atoms with Crippen molar-refractivity contribution in [3.63, 3.8) is 0 Å². The number of likely N-dealkylation sites (tertiary alicyclic amines) is 1. The molecule has 2 heterocycles. The van der Waals surface area contributed by atoms with Crippen LogP contribution in [0.3, 0.4) is 0 Å². The van der Waals surface area contributed by atoms with E-state index in [2.05, 4.69) is 23.1 Å². The van der Waals surface area contributed by atoms with Crippen LogP contribution in [0.25, 0.3) is 0 Å². The minimum Gasteiger partial charge on any atom is -0.469 e. The maximum absolute atomic E-state index is 13.3. The number of piperidine rings is 1. The molecular weight excluding hydrogens is 398 g/mol. The molecular formula is C28H29NO3. The highest BCUT2D eigenvalue weighted by Crippen LogP contribution is 2.56. The first-order valence-electron chi connectivity index (χ1n) is 11.9. The van der Waals surface area contributed by atoms with Gasteiger partial charge in [-0.15, -0.1) is 0 Å². The second-order valence-corrected chi connectivity index (χ2v) is 9.61. The van der Waals surface area contributed by atoms with E-state index in [0.29, 0.717) is 18.4 Å². The lowest BCUT2D eigenvalue weighted by Gasteiger charge is -2.59. The predicted molar refractivity (Wildman–Crippen MR) is 123 cm³/mol. The molecule has 1 amide bonds. The second-order valence-electron chi connectivity index (χ2n) is 9.61. The van der Waals surface area contributed by atoms with Gasteiger partial charge in [0.2, 0.25) is 5.91 Å². The summed E-state index contributed by atoms with van der Waals surface area (Å²) < 4.78 is 11.7. The molecule has 1 saturated carbocycles. The number of rotatable bonds is 4. The molecule has 4 nitrogen and oxygen atoms in total. The average molecular weight is 428 g/mol. The van der Waals surface area contributed by atoms with E-state index in [1.807, 2.05) is 42.5 Å². The number of ether oxygens (including phenoxy) is 1. The maximum atomic E-state index is 13.3. The third kappa shape index (κ3) is 3.24. The van der Waals surface area contributed by atoms with E-state index in [0.717, 1.165) is 36.6 Å². The number of nitrogens with zero attached hydrogens (tertiary/aromatic N) is 1. The van der Waals surface area contributed by atoms with Crippen LogP contribution < -0.4 is 4.74 Å². The normalized spacial score (nSPS) is 26.2. The van der Waals surface area contributed by atoms with E-state index in [-0.39, 0.29) is 11.3 Å². The SMILES string of the molecule is O=C(Cc1ccco1)N1CC[C@]23CCCC[C@H]2[C@H]1Cc1ccc(Oc2ccccc2)cc13. The smallest absolute Gasteiger partial charge is 0.230 e. The van der Waals surface area contributed by atoms with Crippen molar-refractivity contribution in [2.45, 2.75) is 56.4 Å². The lowest BCUT2D eigenvalue weighted by molar-refractivity contribution is -0.140. The van der Waals surface area contributed by atoms with Crippen LogP contribution in [0.4, 0.5) is 0 Å². The molecule has 0 N–H and O–H groups in total. The van der Waals surface area contributed by atoms with Crippen LogP contribution in [-0.4, -0.2) is 23.4 Å². The Balaban J connectivity index is 1.33. The number of carbonyl (C=O) groups is 1. The van der Waals surface area contributed by atoms with Crippen molar-refractivity contribution >= 4 is 5.91 Å². The second kappa shape index (κ2) is 7.84. The molecule has 2 aromatic carbocycles. The summed E-state index contributed by atoms with van der Waals surface area (Å²) in [4.78, 5) is 15.4. The lowest BCUT2D eigenvalue weighted by atomic mass is 9.52. The number of hydrogen-bond acceptors (Lipinski definition) is 3. The van der Waals surface area contributed by atoms with E-state index in [9.17, 15) is 4.79 Å². The van der Waals surface area contributed by atoms with Crippen LogP contribution in [0.15, 0.2) is 71.3 Å². The van der Waals surface area contributed by atoms with E-state index in [1.165, 1.54) is 36.8 Å². The summed E-state index contributed by atoms with van der Waals surface area (Å²) in [5, 5.41) is 0. The van der Waals surface area contributed by atoms with Gasteiger partial charge in [0.1, 0.15) is 17.3 Å². The van der Waals surface area contributed by atoms with Crippen LogP contribution in [-0.2, 0) is 23.1 Å². The fraction of sp³-hybridized carbons (Fsp3) is 0.393. The molecule has 6 rings (SSSR count). The first-order chi connectivity index (χ1) is 15.7. The first-order valence-corrected chi connectivity index (χ1v) is 11.9. The minimum atomic E-state index is 0.175. The zero-order chi connectivity index (χ0) is 21.5. The van der Waals surface area contributed by atoms with Gasteiger partial charge >= 0.3 is 0 Å². The zero-order valence-corrected chi connectivity index (χ0v) is 18.3. The van der Waals surface area contributed by atoms with Gasteiger partial charge in [-0.1, -0.05) is 37.1 Å². The zero-order valence-electron chi connectivity index (χ0n) is 18.3. The van der Waals surface area contributed by atoms with E-state index in [4.69, 9.17) is 9.15 Å². The first kappa shape index (κ1) is 19.7. The van der Waals surface area contributed by atoms with Gasteiger partial charge in [-0.3, -0.25) is 4.79 Å². The number of furan rings is 1. The summed E-state index contributed by atoms with van der Waals surface area (Å²) in [6.07, 6.45) is 8.95. The maximum Gasteiger partial charge on any atom is 0.230 e. The fourth-order valence-corrected chi connectivity index (χ4v) is 6.65. The standard InChI is InChI=1S/C28H29NO3/c30-27(19-22-9-6-16-31-22)29-15-14-28-13-5-4-10-24(28)26(29)17-20-11-12-23(18-25(20)28)32-21-7-2-1-3-8-21/h1-3,6-9,11-12,16,18,24,26H,4-5,10,13-15,17,19H2/t24-,26+,28+/m0/s1. The molecule has 3 atom stereocenters. The molecule has 164 valence electrons. The van der Waals surface area contributed by atoms with Crippen LogP contribution in [0.5, 0.6) is 11.5 Å². The lowest BCUT2D eigenvalue weighted by Crippen LogP contribution is -2.62. The summed E-state index contributed by atoms with van der Waals surface area (Å²) in [6, 6.07) is 20.7. The van der Waals surface area contributed by atoms with Crippen molar-refractivity contribution in [1.82, 2.24) is 4.90 Å². The average Bonchev–Trinajstić information content (AvgIpc) is 3.33. The van der Waals surface area contributed by atoms with Crippen LogP contribution in [0, 0.1) is 5.92 Å². The Labute approximate surface area is 189 Å². The van der Waals surface area contributed by atoms with Crippen LogP contribution in [0.2, 0.25) is 0 Å². The van der Waals surface area contributed by atoms with Crippen molar-refractivity contribution in [2.75, 3.05) is 6.54 Å². The molecule has 0 spiro atoms. The Bertz CT molecular complexity index is 1110. The number of benzene rings is 2. The molecule has 3 aliphatic rings. The number of fused-ring (bicyclic) bond motifs is 1. The van der Waals surface area contributed by atoms with E-state index < -0.39 is 0 Å². The summed E-state index contributed by atoms with van der Waals surface area (Å²) in [5.74, 6) is 3.29. The molecule has 0 unspecified atom stereocenters. The number of carbonyl (C=O) groups excluding carboxylic acids is 1. The van der Waals surface area contributed by atoms with Gasteiger partial charge in [0.25, 0.3) is 0 Å². The molecule has 2 fully saturated rings. The minimum absolute atomic E-state index is 0.175. The Hall–Kier alpha value is -3.01. The number of hydrogen-bond donors (Lipinski definition) is 0. The molecule has 1 saturated heterocycles. The van der Waals surface area contributed by atoms with Gasteiger partial charge in [0.05, 0.1) is 12.7 Å². The van der Waals surface area contributed by atoms with Gasteiger partial charge in [0.15, 0.2) is 0 Å². The third-order valence-electron chi connectivity index (χ3n) is 8.01. The van der Waals surface area contributed by atoms with Crippen molar-refractivity contribution in [1.29, 1.82) is 0 Å².